The van der Waals surface area contributed by atoms with Gasteiger partial charge in [0.2, 0.25) is 0 Å². The molecule has 0 fully saturated rings. The lowest BCUT2D eigenvalue weighted by molar-refractivity contribution is 0.102. The maximum atomic E-state index is 12.1. The molecule has 0 aliphatic carbocycles. The van der Waals surface area contributed by atoms with E-state index in [0.717, 1.165) is 22.7 Å². The number of anilines is 1. The van der Waals surface area contributed by atoms with Gasteiger partial charge in [-0.25, -0.2) is 0 Å². The zero-order valence-electron chi connectivity index (χ0n) is 11.4. The van der Waals surface area contributed by atoms with Gasteiger partial charge >= 0.3 is 0 Å². The number of carbonyl (C=O) groups is 1. The minimum absolute atomic E-state index is 0.180. The molecule has 0 radical (unpaired) electrons. The lowest BCUT2D eigenvalue weighted by atomic mass is 10.2. The molecule has 2 N–H and O–H groups in total. The van der Waals surface area contributed by atoms with Crippen molar-refractivity contribution in [2.45, 2.75) is 19.2 Å². The normalized spacial score (nSPS) is 10.3. The maximum absolute atomic E-state index is 12.1. The van der Waals surface area contributed by atoms with Gasteiger partial charge in [0.05, 0.1) is 18.4 Å². The zero-order valence-corrected chi connectivity index (χ0v) is 13.0. The van der Waals surface area contributed by atoms with Crippen LogP contribution in [0.15, 0.2) is 24.4 Å². The summed E-state index contributed by atoms with van der Waals surface area (Å²) in [6, 6.07) is 5.58. The third kappa shape index (κ3) is 3.19. The Bertz CT molecular complexity index is 610. The fourth-order valence-electron chi connectivity index (χ4n) is 1.84. The highest BCUT2D eigenvalue weighted by molar-refractivity contribution is 9.08. The molecule has 5 nitrogen and oxygen atoms in total. The average molecular weight is 338 g/mol. The van der Waals surface area contributed by atoms with Gasteiger partial charge in [0.1, 0.15) is 5.75 Å². The molecule has 0 saturated heterocycles. The van der Waals surface area contributed by atoms with Gasteiger partial charge in [-0.15, -0.1) is 0 Å². The van der Waals surface area contributed by atoms with Crippen molar-refractivity contribution in [1.29, 1.82) is 0 Å². The molecule has 0 saturated carbocycles. The van der Waals surface area contributed by atoms with Crippen LogP contribution in [0.25, 0.3) is 0 Å². The first-order valence-electron chi connectivity index (χ1n) is 6.28. The van der Waals surface area contributed by atoms with Gasteiger partial charge < -0.3 is 10.1 Å². The summed E-state index contributed by atoms with van der Waals surface area (Å²) in [6.07, 6.45) is 1.52. The van der Waals surface area contributed by atoms with E-state index in [0.29, 0.717) is 17.5 Å². The predicted molar refractivity (Wildman–Crippen MR) is 81.5 cm³/mol. The predicted octanol–water partition coefficient (Wildman–Crippen LogP) is 3.26. The quantitative estimate of drug-likeness (QED) is 0.823. The fraction of sp³-hybridized carbons (Fsp3) is 0.286. The Balaban J connectivity index is 2.18. The first-order valence-corrected chi connectivity index (χ1v) is 7.40. The van der Waals surface area contributed by atoms with Crippen LogP contribution in [-0.2, 0) is 5.33 Å². The molecule has 1 aromatic heterocycles. The SMILES string of the molecule is CCOc1ccc(NC(=O)c2cn[nH]c2C)cc1CBr. The zero-order chi connectivity index (χ0) is 14.5. The Labute approximate surface area is 125 Å². The monoisotopic (exact) mass is 337 g/mol. The van der Waals surface area contributed by atoms with E-state index in [1.165, 1.54) is 6.20 Å². The molecule has 0 spiro atoms. The second-order valence-electron chi connectivity index (χ2n) is 4.25. The largest absolute Gasteiger partial charge is 0.494 e. The molecule has 6 heteroatoms. The summed E-state index contributed by atoms with van der Waals surface area (Å²) >= 11 is 3.42. The number of halogens is 1. The molecule has 1 heterocycles. The van der Waals surface area contributed by atoms with E-state index in [9.17, 15) is 4.79 Å². The topological polar surface area (TPSA) is 67.0 Å². The van der Waals surface area contributed by atoms with Gasteiger partial charge in [-0.05, 0) is 32.0 Å². The standard InChI is InChI=1S/C14H16BrN3O2/c1-3-20-13-5-4-11(6-10(13)7-15)17-14(19)12-8-16-18-9(12)2/h4-6,8H,3,7H2,1-2H3,(H,16,18)(H,17,19). The summed E-state index contributed by atoms with van der Waals surface area (Å²) in [5.74, 6) is 0.641. The van der Waals surface area contributed by atoms with E-state index in [1.54, 1.807) is 0 Å². The van der Waals surface area contributed by atoms with Crippen molar-refractivity contribution in [3.8, 4) is 5.75 Å². The van der Waals surface area contributed by atoms with Crippen LogP contribution >= 0.6 is 15.9 Å². The number of aromatic nitrogens is 2. The van der Waals surface area contributed by atoms with Gasteiger partial charge in [0.15, 0.2) is 0 Å². The fourth-order valence-corrected chi connectivity index (χ4v) is 2.27. The van der Waals surface area contributed by atoms with Crippen molar-refractivity contribution in [2.75, 3.05) is 11.9 Å². The van der Waals surface area contributed by atoms with Crippen LogP contribution in [0.2, 0.25) is 0 Å². The highest BCUT2D eigenvalue weighted by atomic mass is 79.9. The minimum Gasteiger partial charge on any atom is -0.494 e. The van der Waals surface area contributed by atoms with E-state index in [4.69, 9.17) is 4.74 Å². The smallest absolute Gasteiger partial charge is 0.259 e. The number of benzene rings is 1. The van der Waals surface area contributed by atoms with Gasteiger partial charge in [-0.2, -0.15) is 5.10 Å². The van der Waals surface area contributed by atoms with Crippen LogP contribution in [0, 0.1) is 6.92 Å². The van der Waals surface area contributed by atoms with Crippen molar-refractivity contribution in [3.05, 3.63) is 41.2 Å². The van der Waals surface area contributed by atoms with Crippen LogP contribution in [0.3, 0.4) is 0 Å². The van der Waals surface area contributed by atoms with Crippen molar-refractivity contribution < 1.29 is 9.53 Å². The number of alkyl halides is 1. The van der Waals surface area contributed by atoms with Gasteiger partial charge in [0.25, 0.3) is 5.91 Å². The molecule has 0 aliphatic heterocycles. The second-order valence-corrected chi connectivity index (χ2v) is 4.81. The van der Waals surface area contributed by atoms with Crippen molar-refractivity contribution in [1.82, 2.24) is 10.2 Å². The molecule has 2 rings (SSSR count). The van der Waals surface area contributed by atoms with Crippen LogP contribution in [0.5, 0.6) is 5.75 Å². The first-order chi connectivity index (χ1) is 9.65. The van der Waals surface area contributed by atoms with Crippen molar-refractivity contribution in [3.63, 3.8) is 0 Å². The highest BCUT2D eigenvalue weighted by Crippen LogP contribution is 2.25. The maximum Gasteiger partial charge on any atom is 0.259 e. The molecular formula is C14H16BrN3O2. The van der Waals surface area contributed by atoms with E-state index >= 15 is 0 Å². The number of carbonyl (C=O) groups excluding carboxylic acids is 1. The Kier molecular flexibility index (Phi) is 4.79. The second kappa shape index (κ2) is 6.56. The number of nitrogens with one attached hydrogen (secondary N) is 2. The molecule has 0 unspecified atom stereocenters. The number of H-pyrrole nitrogens is 1. The number of hydrogen-bond donors (Lipinski definition) is 2. The Morgan fingerprint density at radius 3 is 2.90 bits per heavy atom. The van der Waals surface area contributed by atoms with E-state index < -0.39 is 0 Å². The summed E-state index contributed by atoms with van der Waals surface area (Å²) < 4.78 is 5.52. The van der Waals surface area contributed by atoms with Gasteiger partial charge in [0, 0.05) is 22.3 Å². The lowest BCUT2D eigenvalue weighted by Gasteiger charge is -2.11. The summed E-state index contributed by atoms with van der Waals surface area (Å²) in [6.45, 7) is 4.36. The molecule has 1 amide bonds. The van der Waals surface area contributed by atoms with Gasteiger partial charge in [-0.1, -0.05) is 15.9 Å². The molecule has 1 aromatic carbocycles. The number of amides is 1. The van der Waals surface area contributed by atoms with Crippen LogP contribution in [0.4, 0.5) is 5.69 Å². The van der Waals surface area contributed by atoms with Crippen LogP contribution in [-0.4, -0.2) is 22.7 Å². The van der Waals surface area contributed by atoms with Crippen molar-refractivity contribution >= 4 is 27.5 Å². The van der Waals surface area contributed by atoms with E-state index in [-0.39, 0.29) is 5.91 Å². The third-order valence-electron chi connectivity index (χ3n) is 2.84. The lowest BCUT2D eigenvalue weighted by Crippen LogP contribution is -2.12. The first kappa shape index (κ1) is 14.6. The third-order valence-corrected chi connectivity index (χ3v) is 3.44. The molecule has 0 bridgehead atoms. The van der Waals surface area contributed by atoms with E-state index in [1.807, 2.05) is 32.0 Å². The van der Waals surface area contributed by atoms with Crippen molar-refractivity contribution in [2.24, 2.45) is 0 Å². The summed E-state index contributed by atoms with van der Waals surface area (Å²) in [4.78, 5) is 12.1. The molecular weight excluding hydrogens is 322 g/mol. The highest BCUT2D eigenvalue weighted by Gasteiger charge is 2.12. The number of aryl methyl sites for hydroxylation is 1. The molecule has 0 aliphatic rings. The van der Waals surface area contributed by atoms with Crippen LogP contribution in [0.1, 0.15) is 28.5 Å². The minimum atomic E-state index is -0.180. The van der Waals surface area contributed by atoms with Gasteiger partial charge in [-0.3, -0.25) is 9.89 Å². The number of ether oxygens (including phenoxy) is 1. The van der Waals surface area contributed by atoms with E-state index in [2.05, 4.69) is 31.4 Å². The summed E-state index contributed by atoms with van der Waals surface area (Å²) in [5.41, 5.74) is 3.01. The molecule has 0 atom stereocenters. The molecule has 106 valence electrons. The Morgan fingerprint density at radius 1 is 1.50 bits per heavy atom. The Hall–Kier alpha value is -1.82. The average Bonchev–Trinajstić information content (AvgIpc) is 2.87. The number of aromatic amines is 1. The number of nitrogens with zero attached hydrogens (tertiary/aromatic N) is 1. The number of rotatable bonds is 5. The Morgan fingerprint density at radius 2 is 2.30 bits per heavy atom. The van der Waals surface area contributed by atoms with Crippen LogP contribution < -0.4 is 10.1 Å². The number of hydrogen-bond acceptors (Lipinski definition) is 3. The molecule has 2 aromatic rings. The molecule has 20 heavy (non-hydrogen) atoms. The summed E-state index contributed by atoms with van der Waals surface area (Å²) in [7, 11) is 0. The summed E-state index contributed by atoms with van der Waals surface area (Å²) in [5, 5.41) is 10.1.